The van der Waals surface area contributed by atoms with Gasteiger partial charge in [0.25, 0.3) is 0 Å². The molecule has 0 radical (unpaired) electrons. The average molecular weight is 770 g/mol. The van der Waals surface area contributed by atoms with E-state index in [0.717, 1.165) is 42.2 Å². The van der Waals surface area contributed by atoms with E-state index in [9.17, 15) is 22.7 Å². The predicted molar refractivity (Wildman–Crippen MR) is 191 cm³/mol. The number of likely N-dealkylation sites (N-methyl/N-ethyl adjacent to an activating group) is 1. The number of imidazole rings is 1. The van der Waals surface area contributed by atoms with E-state index in [1.165, 1.54) is 19.2 Å². The van der Waals surface area contributed by atoms with Crippen molar-refractivity contribution >= 4 is 51.0 Å². The van der Waals surface area contributed by atoms with Crippen LogP contribution in [-0.2, 0) is 26.0 Å². The van der Waals surface area contributed by atoms with E-state index in [1.807, 2.05) is 51.7 Å². The fraction of sp³-hybridized carbons (Fsp3) is 0.371. The van der Waals surface area contributed by atoms with E-state index < -0.39 is 44.0 Å². The number of methoxy groups -OCH3 is 1. The molecule has 0 saturated carbocycles. The van der Waals surface area contributed by atoms with E-state index in [4.69, 9.17) is 27.9 Å². The lowest BCUT2D eigenvalue weighted by Crippen LogP contribution is -2.49. The summed E-state index contributed by atoms with van der Waals surface area (Å²) in [7, 11) is 4.01. The number of halogens is 4. The Kier molecular flexibility index (Phi) is 12.3. The van der Waals surface area contributed by atoms with Gasteiger partial charge in [0, 0.05) is 34.5 Å². The van der Waals surface area contributed by atoms with Crippen LogP contribution < -0.4 is 9.84 Å². The number of quaternary nitrogens is 1. The molecule has 270 valence electrons. The molecule has 0 aliphatic carbocycles. The Morgan fingerprint density at radius 1 is 1.08 bits per heavy atom. The fourth-order valence-electron chi connectivity index (χ4n) is 5.46. The molecule has 1 aromatic heterocycles. The highest BCUT2D eigenvalue weighted by Crippen LogP contribution is 2.40. The summed E-state index contributed by atoms with van der Waals surface area (Å²) < 4.78 is 65.1. The van der Waals surface area contributed by atoms with Crippen LogP contribution in [0, 0.1) is 11.6 Å². The number of benzene rings is 3. The van der Waals surface area contributed by atoms with Crippen LogP contribution in [0.1, 0.15) is 43.5 Å². The van der Waals surface area contributed by atoms with Crippen LogP contribution in [0.2, 0.25) is 10.0 Å². The molecule has 1 heterocycles. The average Bonchev–Trinajstić information content (AvgIpc) is 3.47. The summed E-state index contributed by atoms with van der Waals surface area (Å²) in [6.07, 6.45) is 2.13. The van der Waals surface area contributed by atoms with Gasteiger partial charge in [0.1, 0.15) is 17.4 Å². The number of hydrogen-bond donors (Lipinski definition) is 0. The van der Waals surface area contributed by atoms with Crippen LogP contribution >= 0.6 is 35.0 Å². The fourth-order valence-corrected chi connectivity index (χ4v) is 8.48. The van der Waals surface area contributed by atoms with E-state index in [1.54, 1.807) is 24.4 Å². The SMILES string of the molecule is COc1cc(C(C)(C)c2cnc(SCc3c(F)cc(S(=O)(=O)N(C)[C@H](CCC[N+](C)(C)C)C(=O)[O-])cc3Cl)n2-c2ccc(F)cc2)ccc1Cl. The number of nitrogens with zero attached hydrogens (tertiary/aromatic N) is 4. The van der Waals surface area contributed by atoms with Gasteiger partial charge in [-0.15, -0.1) is 0 Å². The van der Waals surface area contributed by atoms with Crippen molar-refractivity contribution in [2.45, 2.75) is 54.0 Å². The van der Waals surface area contributed by atoms with Gasteiger partial charge in [-0.25, -0.2) is 22.2 Å². The summed E-state index contributed by atoms with van der Waals surface area (Å²) in [6.45, 7) is 4.59. The number of carboxylic acid groups (broad SMARTS) is 1. The van der Waals surface area contributed by atoms with Crippen molar-refractivity contribution in [1.82, 2.24) is 13.9 Å². The minimum absolute atomic E-state index is 0.0174. The van der Waals surface area contributed by atoms with Gasteiger partial charge in [-0.3, -0.25) is 4.57 Å². The molecule has 4 aromatic rings. The topological polar surface area (TPSA) is 105 Å². The molecular formula is C35H40Cl2F2N4O5S2. The molecule has 9 nitrogen and oxygen atoms in total. The Balaban J connectivity index is 1.66. The van der Waals surface area contributed by atoms with Crippen LogP contribution in [0.4, 0.5) is 8.78 Å². The normalized spacial score (nSPS) is 13.1. The van der Waals surface area contributed by atoms with Crippen LogP contribution in [0.3, 0.4) is 0 Å². The Morgan fingerprint density at radius 3 is 2.32 bits per heavy atom. The van der Waals surface area contributed by atoms with Crippen LogP contribution in [0.25, 0.3) is 5.69 Å². The molecule has 0 bridgehead atoms. The number of carboxylic acids is 1. The van der Waals surface area contributed by atoms with E-state index >= 15 is 4.39 Å². The largest absolute Gasteiger partial charge is 0.548 e. The van der Waals surface area contributed by atoms with Gasteiger partial charge in [-0.1, -0.05) is 54.9 Å². The first-order chi connectivity index (χ1) is 23.3. The summed E-state index contributed by atoms with van der Waals surface area (Å²) in [6, 6.07) is 11.8. The number of aromatic nitrogens is 2. The van der Waals surface area contributed by atoms with Gasteiger partial charge >= 0.3 is 0 Å². The molecule has 0 spiro atoms. The number of ether oxygens (including phenoxy) is 1. The second-order valence-corrected chi connectivity index (χ2v) is 17.1. The van der Waals surface area contributed by atoms with Crippen molar-refractivity contribution in [3.8, 4) is 11.4 Å². The quantitative estimate of drug-likeness (QED) is 0.103. The summed E-state index contributed by atoms with van der Waals surface area (Å²) in [4.78, 5) is 16.1. The monoisotopic (exact) mass is 768 g/mol. The maximum absolute atomic E-state index is 15.7. The number of sulfonamides is 1. The zero-order valence-corrected chi connectivity index (χ0v) is 32.0. The summed E-state index contributed by atoms with van der Waals surface area (Å²) in [5, 5.41) is 12.7. The lowest BCUT2D eigenvalue weighted by molar-refractivity contribution is -0.870. The predicted octanol–water partition coefficient (Wildman–Crippen LogP) is 6.31. The number of carbonyl (C=O) groups excluding carboxylic acids is 1. The molecule has 0 N–H and O–H groups in total. The standard InChI is InChI=1S/C35H40Cl2F2N4O5S2/c1-35(2,22-10-15-27(36)31(17-22)48-7)32-20-40-34(42(32)24-13-11-23(38)12-14-24)49-21-26-28(37)18-25(19-29(26)39)50(46,47)41(3)30(33(44)45)9-8-16-43(4,5)6/h10-15,17-20,30H,8-9,16,21H2,1-7H3/t30-/m1/s1. The molecule has 0 aliphatic rings. The Morgan fingerprint density at radius 2 is 1.74 bits per heavy atom. The van der Waals surface area contributed by atoms with Crippen LogP contribution in [0.15, 0.2) is 70.8 Å². The van der Waals surface area contributed by atoms with Crippen molar-refractivity contribution in [2.24, 2.45) is 0 Å². The minimum atomic E-state index is -4.46. The third kappa shape index (κ3) is 8.80. The first-order valence-corrected chi connectivity index (χ1v) is 18.7. The molecule has 3 aromatic carbocycles. The van der Waals surface area contributed by atoms with Crippen molar-refractivity contribution in [3.05, 3.63) is 99.3 Å². The minimum Gasteiger partial charge on any atom is -0.548 e. The smallest absolute Gasteiger partial charge is 0.243 e. The zero-order chi connectivity index (χ0) is 37.2. The lowest BCUT2D eigenvalue weighted by Gasteiger charge is -2.30. The van der Waals surface area contributed by atoms with E-state index in [-0.39, 0.29) is 22.8 Å². The number of carbonyl (C=O) groups is 1. The van der Waals surface area contributed by atoms with Gasteiger partial charge in [0.15, 0.2) is 5.16 Å². The Labute approximate surface area is 306 Å². The van der Waals surface area contributed by atoms with Gasteiger partial charge in [-0.2, -0.15) is 4.31 Å². The molecule has 0 aliphatic heterocycles. The third-order valence-corrected chi connectivity index (χ3v) is 12.0. The van der Waals surface area contributed by atoms with Gasteiger partial charge < -0.3 is 19.1 Å². The third-order valence-electron chi connectivity index (χ3n) is 8.48. The molecule has 0 saturated heterocycles. The van der Waals surface area contributed by atoms with Crippen molar-refractivity contribution in [2.75, 3.05) is 41.8 Å². The second-order valence-electron chi connectivity index (χ2n) is 13.4. The van der Waals surface area contributed by atoms with Crippen molar-refractivity contribution in [3.63, 3.8) is 0 Å². The van der Waals surface area contributed by atoms with Crippen LogP contribution in [-0.4, -0.2) is 80.6 Å². The zero-order valence-electron chi connectivity index (χ0n) is 28.8. The first kappa shape index (κ1) is 39.6. The molecule has 15 heteroatoms. The van der Waals surface area contributed by atoms with Gasteiger partial charge in [-0.05, 0) is 66.9 Å². The molecule has 4 rings (SSSR count). The maximum atomic E-state index is 15.7. The summed E-state index contributed by atoms with van der Waals surface area (Å²) in [5.74, 6) is -2.40. The van der Waals surface area contributed by atoms with E-state index in [2.05, 4.69) is 4.98 Å². The molecule has 50 heavy (non-hydrogen) atoms. The highest BCUT2D eigenvalue weighted by molar-refractivity contribution is 7.98. The molecular weight excluding hydrogens is 729 g/mol. The molecule has 0 amide bonds. The number of rotatable bonds is 15. The molecule has 0 fully saturated rings. The summed E-state index contributed by atoms with van der Waals surface area (Å²) >= 11 is 13.9. The van der Waals surface area contributed by atoms with Gasteiger partial charge in [0.2, 0.25) is 10.0 Å². The lowest BCUT2D eigenvalue weighted by atomic mass is 9.81. The molecule has 1 atom stereocenters. The van der Waals surface area contributed by atoms with Gasteiger partial charge in [0.05, 0.1) is 68.6 Å². The Hall–Kier alpha value is -3.20. The Bertz CT molecular complexity index is 1940. The number of thioether (sulfide) groups is 1. The second kappa shape index (κ2) is 15.6. The number of aliphatic carboxylic acids is 1. The summed E-state index contributed by atoms with van der Waals surface area (Å²) in [5.41, 5.74) is 1.56. The van der Waals surface area contributed by atoms with Crippen molar-refractivity contribution in [1.29, 1.82) is 0 Å². The van der Waals surface area contributed by atoms with Crippen LogP contribution in [0.5, 0.6) is 5.75 Å². The highest BCUT2D eigenvalue weighted by atomic mass is 35.5. The first-order valence-electron chi connectivity index (χ1n) is 15.6. The highest BCUT2D eigenvalue weighted by Gasteiger charge is 2.32. The number of hydrogen-bond acceptors (Lipinski definition) is 7. The van der Waals surface area contributed by atoms with E-state index in [0.29, 0.717) is 43.4 Å². The maximum Gasteiger partial charge on any atom is 0.243 e. The van der Waals surface area contributed by atoms with Crippen molar-refractivity contribution < 1.29 is 36.3 Å². The molecule has 0 unspecified atom stereocenters.